The Morgan fingerprint density at radius 1 is 1.47 bits per heavy atom. The molecule has 0 aliphatic heterocycles. The molecule has 1 amide bonds. The van der Waals surface area contributed by atoms with Crippen LogP contribution in [0, 0.1) is 11.8 Å². The maximum absolute atomic E-state index is 11.2. The Kier molecular flexibility index (Phi) is 4.38. The van der Waals surface area contributed by atoms with Crippen molar-refractivity contribution in [3.8, 4) is 0 Å². The summed E-state index contributed by atoms with van der Waals surface area (Å²) in [6.07, 6.45) is 1.94. The van der Waals surface area contributed by atoms with Crippen LogP contribution in [0.3, 0.4) is 0 Å². The van der Waals surface area contributed by atoms with Crippen molar-refractivity contribution in [3.05, 3.63) is 0 Å². The van der Waals surface area contributed by atoms with Crippen molar-refractivity contribution in [1.82, 2.24) is 5.43 Å². The first-order valence-electron chi connectivity index (χ1n) is 6.33. The minimum atomic E-state index is -1.63. The van der Waals surface area contributed by atoms with E-state index in [1.807, 2.05) is 0 Å². The second-order valence-electron chi connectivity index (χ2n) is 6.51. The van der Waals surface area contributed by atoms with Gasteiger partial charge in [-0.2, -0.15) is 0 Å². The van der Waals surface area contributed by atoms with Crippen molar-refractivity contribution in [2.24, 2.45) is 17.7 Å². The summed E-state index contributed by atoms with van der Waals surface area (Å²) < 4.78 is 6.08. The van der Waals surface area contributed by atoms with E-state index in [0.717, 1.165) is 19.4 Å². The fraction of sp³-hybridized carbons (Fsp3) is 0.917. The molecule has 3 N–H and O–H groups in total. The van der Waals surface area contributed by atoms with E-state index >= 15 is 0 Å². The molecule has 0 aromatic carbocycles. The Morgan fingerprint density at radius 2 is 2.06 bits per heavy atom. The third-order valence-corrected chi connectivity index (χ3v) is 8.70. The molecular weight excluding hydrogens is 232 g/mol. The normalized spacial score (nSPS) is 24.6. The van der Waals surface area contributed by atoms with Gasteiger partial charge in [-0.05, 0) is 36.9 Å². The molecular formula is C12H26N2O2Si. The molecule has 1 fully saturated rings. The van der Waals surface area contributed by atoms with E-state index in [2.05, 4.69) is 39.3 Å². The highest BCUT2D eigenvalue weighted by Gasteiger charge is 2.43. The lowest BCUT2D eigenvalue weighted by Gasteiger charge is -2.36. The molecule has 0 aromatic heterocycles. The van der Waals surface area contributed by atoms with Crippen LogP contribution in [0.1, 0.15) is 33.6 Å². The zero-order chi connectivity index (χ0) is 13.3. The van der Waals surface area contributed by atoms with E-state index < -0.39 is 8.32 Å². The summed E-state index contributed by atoms with van der Waals surface area (Å²) in [6.45, 7) is 12.0. The van der Waals surface area contributed by atoms with Gasteiger partial charge in [-0.1, -0.05) is 20.8 Å². The van der Waals surface area contributed by atoms with Gasteiger partial charge in [-0.15, -0.1) is 0 Å². The largest absolute Gasteiger partial charge is 0.417 e. The fourth-order valence-electron chi connectivity index (χ4n) is 1.68. The molecule has 1 aliphatic carbocycles. The zero-order valence-electron chi connectivity index (χ0n) is 11.7. The molecule has 100 valence electrons. The van der Waals surface area contributed by atoms with Crippen molar-refractivity contribution in [2.45, 2.75) is 51.7 Å². The van der Waals surface area contributed by atoms with Gasteiger partial charge in [0, 0.05) is 12.5 Å². The molecule has 0 saturated heterocycles. The summed E-state index contributed by atoms with van der Waals surface area (Å²) in [7, 11) is -1.63. The van der Waals surface area contributed by atoms with Gasteiger partial charge in [0.05, 0.1) is 0 Å². The Bertz CT molecular complexity index is 287. The first-order chi connectivity index (χ1) is 7.69. The summed E-state index contributed by atoms with van der Waals surface area (Å²) in [5.74, 6) is 5.68. The van der Waals surface area contributed by atoms with Crippen LogP contribution in [0.4, 0.5) is 0 Å². The van der Waals surface area contributed by atoms with Gasteiger partial charge >= 0.3 is 0 Å². The number of amides is 1. The molecule has 0 unspecified atom stereocenters. The number of carbonyl (C=O) groups excluding carboxylic acids is 1. The molecule has 0 aromatic rings. The van der Waals surface area contributed by atoms with E-state index in [1.165, 1.54) is 0 Å². The highest BCUT2D eigenvalue weighted by molar-refractivity contribution is 6.74. The summed E-state index contributed by atoms with van der Waals surface area (Å²) in [4.78, 5) is 11.2. The van der Waals surface area contributed by atoms with E-state index in [1.54, 1.807) is 0 Å². The minimum Gasteiger partial charge on any atom is -0.417 e. The predicted molar refractivity (Wildman–Crippen MR) is 71.7 cm³/mol. The topological polar surface area (TPSA) is 64.3 Å². The quantitative estimate of drug-likeness (QED) is 0.343. The summed E-state index contributed by atoms with van der Waals surface area (Å²) in [6, 6.07) is 0. The first kappa shape index (κ1) is 14.7. The van der Waals surface area contributed by atoms with Gasteiger partial charge in [0.15, 0.2) is 8.32 Å². The second-order valence-corrected chi connectivity index (χ2v) is 11.3. The SMILES string of the molecule is CC(C)(C)[Si](C)(C)OCC[C@@H]1C[C@@H]1C(=O)NN. The smallest absolute Gasteiger partial charge is 0.237 e. The molecule has 5 heteroatoms. The van der Waals surface area contributed by atoms with E-state index in [0.29, 0.717) is 5.92 Å². The third kappa shape index (κ3) is 3.79. The van der Waals surface area contributed by atoms with Crippen LogP contribution in [0.2, 0.25) is 18.1 Å². The van der Waals surface area contributed by atoms with Gasteiger partial charge in [0.2, 0.25) is 5.91 Å². The van der Waals surface area contributed by atoms with Crippen molar-refractivity contribution in [3.63, 3.8) is 0 Å². The van der Waals surface area contributed by atoms with Gasteiger partial charge < -0.3 is 4.43 Å². The van der Waals surface area contributed by atoms with E-state index in [4.69, 9.17) is 10.3 Å². The summed E-state index contributed by atoms with van der Waals surface area (Å²) in [5.41, 5.74) is 2.22. The second kappa shape index (κ2) is 5.08. The van der Waals surface area contributed by atoms with Gasteiger partial charge in [-0.25, -0.2) is 5.84 Å². The lowest BCUT2D eigenvalue weighted by Crippen LogP contribution is -2.41. The van der Waals surface area contributed by atoms with Gasteiger partial charge in [0.25, 0.3) is 0 Å². The molecule has 1 saturated carbocycles. The Hall–Kier alpha value is -0.393. The number of hydrazine groups is 1. The number of nitrogens with one attached hydrogen (secondary N) is 1. The average molecular weight is 258 g/mol. The van der Waals surface area contributed by atoms with Crippen LogP contribution in [0.5, 0.6) is 0 Å². The molecule has 1 rings (SSSR count). The Balaban J connectivity index is 2.24. The van der Waals surface area contributed by atoms with Crippen LogP contribution >= 0.6 is 0 Å². The van der Waals surface area contributed by atoms with Crippen LogP contribution in [0.25, 0.3) is 0 Å². The summed E-state index contributed by atoms with van der Waals surface area (Å²) in [5, 5.41) is 0.255. The molecule has 17 heavy (non-hydrogen) atoms. The van der Waals surface area contributed by atoms with Crippen molar-refractivity contribution >= 4 is 14.2 Å². The lowest BCUT2D eigenvalue weighted by atomic mass is 10.2. The minimum absolute atomic E-state index is 0.0256. The first-order valence-corrected chi connectivity index (χ1v) is 9.24. The Morgan fingerprint density at radius 3 is 2.53 bits per heavy atom. The highest BCUT2D eigenvalue weighted by atomic mass is 28.4. The predicted octanol–water partition coefficient (Wildman–Crippen LogP) is 2.02. The lowest BCUT2D eigenvalue weighted by molar-refractivity contribution is -0.122. The van der Waals surface area contributed by atoms with Crippen LogP contribution < -0.4 is 11.3 Å². The van der Waals surface area contributed by atoms with Gasteiger partial charge in [0.1, 0.15) is 0 Å². The van der Waals surface area contributed by atoms with Crippen LogP contribution in [-0.2, 0) is 9.22 Å². The molecule has 0 radical (unpaired) electrons. The zero-order valence-corrected chi connectivity index (χ0v) is 12.7. The molecule has 0 bridgehead atoms. The number of rotatable bonds is 5. The maximum Gasteiger partial charge on any atom is 0.237 e. The fourth-order valence-corrected chi connectivity index (χ4v) is 2.74. The molecule has 0 spiro atoms. The highest BCUT2D eigenvalue weighted by Crippen LogP contribution is 2.42. The van der Waals surface area contributed by atoms with Crippen molar-refractivity contribution in [1.29, 1.82) is 0 Å². The summed E-state index contributed by atoms with van der Waals surface area (Å²) >= 11 is 0. The monoisotopic (exact) mass is 258 g/mol. The van der Waals surface area contributed by atoms with Crippen molar-refractivity contribution < 1.29 is 9.22 Å². The van der Waals surface area contributed by atoms with Crippen LogP contribution in [0.15, 0.2) is 0 Å². The average Bonchev–Trinajstić information content (AvgIpc) is 2.94. The number of carbonyl (C=O) groups is 1. The standard InChI is InChI=1S/C12H26N2O2Si/c1-12(2,3)17(4,5)16-7-6-9-8-10(9)11(15)14-13/h9-10H,6-8,13H2,1-5H3,(H,14,15)/t9-,10+/m1/s1. The third-order valence-electron chi connectivity index (χ3n) is 4.16. The van der Waals surface area contributed by atoms with E-state index in [-0.39, 0.29) is 16.9 Å². The van der Waals surface area contributed by atoms with Crippen molar-refractivity contribution in [2.75, 3.05) is 6.61 Å². The molecule has 4 nitrogen and oxygen atoms in total. The number of hydrogen-bond donors (Lipinski definition) is 2. The number of nitrogens with two attached hydrogens (primary N) is 1. The van der Waals surface area contributed by atoms with Gasteiger partial charge in [-0.3, -0.25) is 10.2 Å². The van der Waals surface area contributed by atoms with Crippen LogP contribution in [-0.4, -0.2) is 20.8 Å². The number of hydrogen-bond acceptors (Lipinski definition) is 3. The van der Waals surface area contributed by atoms with E-state index in [9.17, 15) is 4.79 Å². The molecule has 0 heterocycles. The molecule has 2 atom stereocenters. The molecule has 1 aliphatic rings. The Labute approximate surface area is 105 Å². The maximum atomic E-state index is 11.2.